The van der Waals surface area contributed by atoms with E-state index in [9.17, 15) is 0 Å². The predicted octanol–water partition coefficient (Wildman–Crippen LogP) is 5.94. The molecule has 1 aliphatic rings. The fourth-order valence-corrected chi connectivity index (χ4v) is 3.66. The summed E-state index contributed by atoms with van der Waals surface area (Å²) < 4.78 is 12.4. The zero-order valence-electron chi connectivity index (χ0n) is 18.1. The summed E-state index contributed by atoms with van der Waals surface area (Å²) in [5.41, 5.74) is 2.46. The van der Waals surface area contributed by atoms with Crippen LogP contribution in [0.4, 0.5) is 0 Å². The summed E-state index contributed by atoms with van der Waals surface area (Å²) in [4.78, 5) is 9.77. The molecular formula is C23H34N2O2. The molecule has 0 saturated carbocycles. The molecular weight excluding hydrogens is 336 g/mol. The van der Waals surface area contributed by atoms with Gasteiger partial charge in [-0.2, -0.15) is 0 Å². The van der Waals surface area contributed by atoms with Gasteiger partial charge in [0.15, 0.2) is 6.29 Å². The third kappa shape index (κ3) is 3.88. The van der Waals surface area contributed by atoms with Gasteiger partial charge in [-0.3, -0.25) is 0 Å². The van der Waals surface area contributed by atoms with Crippen LogP contribution in [0.25, 0.3) is 10.9 Å². The van der Waals surface area contributed by atoms with Gasteiger partial charge in [0.25, 0.3) is 0 Å². The molecule has 1 atom stereocenters. The summed E-state index contributed by atoms with van der Waals surface area (Å²) in [5.74, 6) is 1.95. The minimum absolute atomic E-state index is 0.340. The minimum Gasteiger partial charge on any atom is -0.339 e. The van der Waals surface area contributed by atoms with Gasteiger partial charge in [0.05, 0.1) is 22.4 Å². The maximum absolute atomic E-state index is 6.22. The van der Waals surface area contributed by atoms with Crippen molar-refractivity contribution in [2.45, 2.75) is 91.6 Å². The van der Waals surface area contributed by atoms with E-state index in [4.69, 9.17) is 19.4 Å². The highest BCUT2D eigenvalue weighted by Crippen LogP contribution is 2.45. The second kappa shape index (κ2) is 7.14. The van der Waals surface area contributed by atoms with Crippen LogP contribution >= 0.6 is 0 Å². The van der Waals surface area contributed by atoms with E-state index in [0.717, 1.165) is 40.8 Å². The van der Waals surface area contributed by atoms with Crippen molar-refractivity contribution in [3.05, 3.63) is 35.3 Å². The van der Waals surface area contributed by atoms with Crippen molar-refractivity contribution in [2.24, 2.45) is 5.92 Å². The van der Waals surface area contributed by atoms with Crippen LogP contribution in [-0.4, -0.2) is 21.2 Å². The lowest BCUT2D eigenvalue weighted by molar-refractivity contribution is -0.0894. The van der Waals surface area contributed by atoms with Gasteiger partial charge in [0, 0.05) is 16.9 Å². The molecule has 2 aromatic rings. The van der Waals surface area contributed by atoms with Crippen LogP contribution in [0.2, 0.25) is 0 Å². The molecule has 27 heavy (non-hydrogen) atoms. The lowest BCUT2D eigenvalue weighted by atomic mass is 9.90. The van der Waals surface area contributed by atoms with Gasteiger partial charge in [-0.25, -0.2) is 9.97 Å². The molecule has 3 rings (SSSR count). The third-order valence-corrected chi connectivity index (χ3v) is 5.94. The molecule has 4 nitrogen and oxygen atoms in total. The molecule has 0 N–H and O–H groups in total. The standard InChI is InChI=1S/C23H34N2O2/c1-9-18-17-13-16(21-26-22(5,6)23(7,8)27-21)10-11-19(17)25-20(24-18)15(4)12-14(2)3/h10-11,13-15,21H,9,12H2,1-8H3. The number of fused-ring (bicyclic) bond motifs is 1. The van der Waals surface area contributed by atoms with Crippen molar-refractivity contribution in [3.8, 4) is 0 Å². The molecule has 1 aromatic heterocycles. The molecule has 1 unspecified atom stereocenters. The maximum atomic E-state index is 6.22. The topological polar surface area (TPSA) is 44.2 Å². The molecule has 0 spiro atoms. The molecule has 0 bridgehead atoms. The van der Waals surface area contributed by atoms with Gasteiger partial charge in [-0.05, 0) is 58.6 Å². The SMILES string of the molecule is CCc1nc(C(C)CC(C)C)nc2ccc(C3OC(C)(C)C(C)(C)O3)cc12. The lowest BCUT2D eigenvalue weighted by Gasteiger charge is -2.30. The zero-order valence-corrected chi connectivity index (χ0v) is 18.1. The highest BCUT2D eigenvalue weighted by Gasteiger charge is 2.49. The summed E-state index contributed by atoms with van der Waals surface area (Å²) >= 11 is 0. The van der Waals surface area contributed by atoms with Crippen molar-refractivity contribution >= 4 is 10.9 Å². The Kier molecular flexibility index (Phi) is 5.35. The van der Waals surface area contributed by atoms with Crippen LogP contribution in [0.3, 0.4) is 0 Å². The molecule has 1 aliphatic heterocycles. The Morgan fingerprint density at radius 1 is 1.00 bits per heavy atom. The molecule has 1 fully saturated rings. The van der Waals surface area contributed by atoms with Gasteiger partial charge in [-0.15, -0.1) is 0 Å². The second-order valence-electron chi connectivity index (χ2n) is 9.28. The van der Waals surface area contributed by atoms with Crippen LogP contribution in [0.15, 0.2) is 18.2 Å². The Morgan fingerprint density at radius 3 is 2.19 bits per heavy atom. The number of hydrogen-bond donors (Lipinski definition) is 0. The molecule has 0 radical (unpaired) electrons. The van der Waals surface area contributed by atoms with E-state index in [1.165, 1.54) is 0 Å². The first-order valence-electron chi connectivity index (χ1n) is 10.2. The summed E-state index contributed by atoms with van der Waals surface area (Å²) in [5, 5.41) is 1.10. The minimum atomic E-state index is -0.358. The number of nitrogens with zero attached hydrogens (tertiary/aromatic N) is 2. The van der Waals surface area contributed by atoms with Crippen molar-refractivity contribution in [1.29, 1.82) is 0 Å². The van der Waals surface area contributed by atoms with Gasteiger partial charge < -0.3 is 9.47 Å². The number of benzene rings is 1. The van der Waals surface area contributed by atoms with E-state index >= 15 is 0 Å². The Labute approximate surface area is 163 Å². The maximum Gasteiger partial charge on any atom is 0.185 e. The summed E-state index contributed by atoms with van der Waals surface area (Å²) in [6.45, 7) is 17.2. The fourth-order valence-electron chi connectivity index (χ4n) is 3.66. The van der Waals surface area contributed by atoms with Crippen LogP contribution in [0.5, 0.6) is 0 Å². The van der Waals surface area contributed by atoms with E-state index in [1.807, 2.05) is 0 Å². The van der Waals surface area contributed by atoms with Crippen LogP contribution in [-0.2, 0) is 15.9 Å². The van der Waals surface area contributed by atoms with Crippen LogP contribution in [0.1, 0.15) is 91.1 Å². The summed E-state index contributed by atoms with van der Waals surface area (Å²) in [6.07, 6.45) is 1.62. The van der Waals surface area contributed by atoms with E-state index in [2.05, 4.69) is 73.6 Å². The van der Waals surface area contributed by atoms with Gasteiger partial charge in [0.1, 0.15) is 5.82 Å². The largest absolute Gasteiger partial charge is 0.339 e. The molecule has 0 aliphatic carbocycles. The lowest BCUT2D eigenvalue weighted by Crippen LogP contribution is -2.41. The summed E-state index contributed by atoms with van der Waals surface area (Å²) in [7, 11) is 0. The Hall–Kier alpha value is -1.52. The molecule has 0 amide bonds. The zero-order chi connectivity index (χ0) is 20.0. The van der Waals surface area contributed by atoms with Crippen LogP contribution < -0.4 is 0 Å². The quantitative estimate of drug-likeness (QED) is 0.653. The van der Waals surface area contributed by atoms with Crippen molar-refractivity contribution in [2.75, 3.05) is 0 Å². The monoisotopic (exact) mass is 370 g/mol. The predicted molar refractivity (Wildman–Crippen MR) is 110 cm³/mol. The van der Waals surface area contributed by atoms with E-state index < -0.39 is 0 Å². The van der Waals surface area contributed by atoms with E-state index in [1.54, 1.807) is 0 Å². The Bertz CT molecular complexity index is 810. The first-order valence-corrected chi connectivity index (χ1v) is 10.2. The van der Waals surface area contributed by atoms with E-state index in [0.29, 0.717) is 11.8 Å². The Balaban J connectivity index is 1.99. The third-order valence-electron chi connectivity index (χ3n) is 5.94. The number of rotatable bonds is 5. The van der Waals surface area contributed by atoms with Crippen molar-refractivity contribution in [1.82, 2.24) is 9.97 Å². The van der Waals surface area contributed by atoms with Crippen molar-refractivity contribution < 1.29 is 9.47 Å². The number of aromatic nitrogens is 2. The summed E-state index contributed by atoms with van der Waals surface area (Å²) in [6, 6.07) is 6.31. The fraction of sp³-hybridized carbons (Fsp3) is 0.652. The number of hydrogen-bond acceptors (Lipinski definition) is 4. The number of aryl methyl sites for hydroxylation is 1. The molecule has 148 valence electrons. The smallest absolute Gasteiger partial charge is 0.185 e. The number of ether oxygens (including phenoxy) is 2. The molecule has 4 heteroatoms. The average Bonchev–Trinajstić information content (AvgIpc) is 2.80. The van der Waals surface area contributed by atoms with Gasteiger partial charge in [0.2, 0.25) is 0 Å². The average molecular weight is 371 g/mol. The Morgan fingerprint density at radius 2 is 1.63 bits per heavy atom. The first-order chi connectivity index (χ1) is 12.5. The molecule has 1 aromatic carbocycles. The van der Waals surface area contributed by atoms with Crippen molar-refractivity contribution in [3.63, 3.8) is 0 Å². The van der Waals surface area contributed by atoms with Gasteiger partial charge >= 0.3 is 0 Å². The van der Waals surface area contributed by atoms with Gasteiger partial charge in [-0.1, -0.05) is 33.8 Å². The highest BCUT2D eigenvalue weighted by molar-refractivity contribution is 5.81. The highest BCUT2D eigenvalue weighted by atomic mass is 16.7. The normalized spacial score (nSPS) is 20.5. The molecule has 2 heterocycles. The first kappa shape index (κ1) is 20.2. The van der Waals surface area contributed by atoms with Crippen LogP contribution in [0, 0.1) is 5.92 Å². The van der Waals surface area contributed by atoms with E-state index in [-0.39, 0.29) is 17.5 Å². The molecule has 1 saturated heterocycles. The second-order valence-corrected chi connectivity index (χ2v) is 9.28.